The van der Waals surface area contributed by atoms with E-state index in [2.05, 4.69) is 27.4 Å². The number of rotatable bonds is 3. The molecule has 0 aliphatic heterocycles. The van der Waals surface area contributed by atoms with E-state index in [4.69, 9.17) is 11.6 Å². The monoisotopic (exact) mass is 236 g/mol. The lowest BCUT2D eigenvalue weighted by atomic mass is 10.2. The first kappa shape index (κ1) is 11.0. The molecule has 0 radical (unpaired) electrons. The molecule has 0 aliphatic carbocycles. The van der Waals surface area contributed by atoms with Gasteiger partial charge in [0, 0.05) is 6.20 Å². The summed E-state index contributed by atoms with van der Waals surface area (Å²) in [7, 11) is 0. The third kappa shape index (κ3) is 2.33. The van der Waals surface area contributed by atoms with Crippen molar-refractivity contribution in [3.8, 4) is 0 Å². The van der Waals surface area contributed by atoms with Gasteiger partial charge in [-0.05, 0) is 31.5 Å². The third-order valence-corrected chi connectivity index (χ3v) is 2.78. The fourth-order valence-corrected chi connectivity index (χ4v) is 1.58. The Balaban J connectivity index is 2.12. The Labute approximate surface area is 99.1 Å². The topological polar surface area (TPSA) is 53.6 Å². The van der Waals surface area contributed by atoms with Crippen LogP contribution in [0.4, 0.5) is 5.69 Å². The quantitative estimate of drug-likeness (QED) is 0.806. The number of anilines is 1. The molecule has 1 atom stereocenters. The Hall–Kier alpha value is -1.55. The fourth-order valence-electron chi connectivity index (χ4n) is 1.47. The number of hydrogen-bond acceptors (Lipinski definition) is 3. The summed E-state index contributed by atoms with van der Waals surface area (Å²) in [5.74, 6) is 0. The van der Waals surface area contributed by atoms with E-state index in [1.54, 1.807) is 12.4 Å². The molecule has 2 rings (SSSR count). The molecule has 2 N–H and O–H groups in total. The Kier molecular flexibility index (Phi) is 3.10. The summed E-state index contributed by atoms with van der Waals surface area (Å²) in [6.07, 6.45) is 3.46. The van der Waals surface area contributed by atoms with Crippen LogP contribution in [0.25, 0.3) is 0 Å². The molecule has 84 valence electrons. The minimum Gasteiger partial charge on any atom is -0.376 e. The first-order chi connectivity index (χ1) is 7.66. The second-order valence-electron chi connectivity index (χ2n) is 3.71. The van der Waals surface area contributed by atoms with Crippen LogP contribution < -0.4 is 5.32 Å². The largest absolute Gasteiger partial charge is 0.376 e. The summed E-state index contributed by atoms with van der Waals surface area (Å²) in [6.45, 7) is 3.98. The summed E-state index contributed by atoms with van der Waals surface area (Å²) >= 11 is 5.86. The lowest BCUT2D eigenvalue weighted by Gasteiger charge is -2.13. The maximum Gasteiger partial charge on any atom is 0.132 e. The minimum atomic E-state index is 0.157. The van der Waals surface area contributed by atoms with E-state index in [1.807, 2.05) is 19.1 Å². The highest BCUT2D eigenvalue weighted by Gasteiger charge is 2.07. The van der Waals surface area contributed by atoms with Crippen molar-refractivity contribution in [1.82, 2.24) is 15.2 Å². The van der Waals surface area contributed by atoms with Crippen molar-refractivity contribution in [1.29, 1.82) is 0 Å². The van der Waals surface area contributed by atoms with E-state index in [9.17, 15) is 0 Å². The zero-order chi connectivity index (χ0) is 11.5. The van der Waals surface area contributed by atoms with Gasteiger partial charge in [-0.15, -0.1) is 0 Å². The molecule has 0 fully saturated rings. The average Bonchev–Trinajstić information content (AvgIpc) is 2.77. The summed E-state index contributed by atoms with van der Waals surface area (Å²) in [5, 5.41) is 10.7. The molecular weight excluding hydrogens is 224 g/mol. The van der Waals surface area contributed by atoms with Gasteiger partial charge in [0.05, 0.1) is 23.6 Å². The highest BCUT2D eigenvalue weighted by Crippen LogP contribution is 2.20. The smallest absolute Gasteiger partial charge is 0.132 e. The first-order valence-corrected chi connectivity index (χ1v) is 5.42. The number of nitrogens with zero attached hydrogens (tertiary/aromatic N) is 2. The van der Waals surface area contributed by atoms with Crippen LogP contribution in [0.3, 0.4) is 0 Å². The van der Waals surface area contributed by atoms with Gasteiger partial charge in [-0.2, -0.15) is 5.10 Å². The standard InChI is InChI=1S/C11H13ClN4/c1-7-5-9(6-13-11(7)12)15-8(2)10-3-4-14-16-10/h3-6,8,15H,1-2H3,(H,14,16). The van der Waals surface area contributed by atoms with Crippen LogP contribution in [0, 0.1) is 6.92 Å². The lowest BCUT2D eigenvalue weighted by molar-refractivity contribution is 0.824. The molecule has 1 unspecified atom stereocenters. The second-order valence-corrected chi connectivity index (χ2v) is 4.07. The number of aromatic nitrogens is 3. The van der Waals surface area contributed by atoms with Crippen molar-refractivity contribution in [2.24, 2.45) is 0 Å². The highest BCUT2D eigenvalue weighted by molar-refractivity contribution is 6.30. The molecule has 2 aromatic heterocycles. The Morgan fingerprint density at radius 2 is 2.31 bits per heavy atom. The minimum absolute atomic E-state index is 0.157. The number of aromatic amines is 1. The van der Waals surface area contributed by atoms with Crippen LogP contribution in [0.2, 0.25) is 5.15 Å². The number of hydrogen-bond donors (Lipinski definition) is 2. The van der Waals surface area contributed by atoms with Crippen molar-refractivity contribution in [2.75, 3.05) is 5.32 Å². The Morgan fingerprint density at radius 3 is 2.94 bits per heavy atom. The van der Waals surface area contributed by atoms with Crippen molar-refractivity contribution in [3.05, 3.63) is 40.9 Å². The molecule has 0 amide bonds. The zero-order valence-corrected chi connectivity index (χ0v) is 9.92. The first-order valence-electron chi connectivity index (χ1n) is 5.05. The fraction of sp³-hybridized carbons (Fsp3) is 0.273. The summed E-state index contributed by atoms with van der Waals surface area (Å²) < 4.78 is 0. The molecule has 0 aliphatic rings. The van der Waals surface area contributed by atoms with Crippen molar-refractivity contribution < 1.29 is 0 Å². The van der Waals surface area contributed by atoms with E-state index >= 15 is 0 Å². The Bertz CT molecular complexity index is 467. The van der Waals surface area contributed by atoms with E-state index in [0.717, 1.165) is 16.9 Å². The Morgan fingerprint density at radius 1 is 1.50 bits per heavy atom. The summed E-state index contributed by atoms with van der Waals surface area (Å²) in [6, 6.07) is 4.07. The molecule has 4 nitrogen and oxygen atoms in total. The van der Waals surface area contributed by atoms with Gasteiger partial charge in [0.15, 0.2) is 0 Å². The second kappa shape index (κ2) is 4.53. The van der Waals surface area contributed by atoms with Crippen LogP contribution in [-0.4, -0.2) is 15.2 Å². The molecule has 0 saturated heterocycles. The van der Waals surface area contributed by atoms with E-state index in [1.165, 1.54) is 0 Å². The maximum atomic E-state index is 5.86. The predicted molar refractivity (Wildman–Crippen MR) is 64.6 cm³/mol. The number of H-pyrrole nitrogens is 1. The molecule has 5 heteroatoms. The molecule has 0 spiro atoms. The summed E-state index contributed by atoms with van der Waals surface area (Å²) in [5.41, 5.74) is 2.94. The van der Waals surface area contributed by atoms with Crippen molar-refractivity contribution >= 4 is 17.3 Å². The number of nitrogens with one attached hydrogen (secondary N) is 2. The zero-order valence-electron chi connectivity index (χ0n) is 9.16. The third-order valence-electron chi connectivity index (χ3n) is 2.39. The van der Waals surface area contributed by atoms with Crippen LogP contribution >= 0.6 is 11.6 Å². The predicted octanol–water partition coefficient (Wildman–Crippen LogP) is 2.94. The summed E-state index contributed by atoms with van der Waals surface area (Å²) in [4.78, 5) is 4.09. The molecule has 2 aromatic rings. The van der Waals surface area contributed by atoms with Gasteiger partial charge < -0.3 is 5.32 Å². The average molecular weight is 237 g/mol. The van der Waals surface area contributed by atoms with E-state index in [-0.39, 0.29) is 6.04 Å². The van der Waals surface area contributed by atoms with Crippen LogP contribution in [0.1, 0.15) is 24.2 Å². The van der Waals surface area contributed by atoms with Crippen molar-refractivity contribution in [3.63, 3.8) is 0 Å². The normalized spacial score (nSPS) is 12.4. The van der Waals surface area contributed by atoms with Gasteiger partial charge >= 0.3 is 0 Å². The van der Waals surface area contributed by atoms with Gasteiger partial charge in [-0.1, -0.05) is 11.6 Å². The van der Waals surface area contributed by atoms with Gasteiger partial charge in [0.1, 0.15) is 5.15 Å². The van der Waals surface area contributed by atoms with Crippen LogP contribution in [0.15, 0.2) is 24.5 Å². The molecular formula is C11H13ClN4. The van der Waals surface area contributed by atoms with E-state index < -0.39 is 0 Å². The molecule has 0 bridgehead atoms. The number of aryl methyl sites for hydroxylation is 1. The molecule has 2 heterocycles. The van der Waals surface area contributed by atoms with Gasteiger partial charge in [-0.25, -0.2) is 4.98 Å². The molecule has 0 aromatic carbocycles. The van der Waals surface area contributed by atoms with Gasteiger partial charge in [0.2, 0.25) is 0 Å². The SMILES string of the molecule is Cc1cc(NC(C)c2ccn[nH]2)cnc1Cl. The van der Waals surface area contributed by atoms with Gasteiger partial charge in [0.25, 0.3) is 0 Å². The van der Waals surface area contributed by atoms with Crippen molar-refractivity contribution in [2.45, 2.75) is 19.9 Å². The van der Waals surface area contributed by atoms with Gasteiger partial charge in [-0.3, -0.25) is 5.10 Å². The van der Waals surface area contributed by atoms with Crippen LogP contribution in [0.5, 0.6) is 0 Å². The maximum absolute atomic E-state index is 5.86. The van der Waals surface area contributed by atoms with Crippen LogP contribution in [-0.2, 0) is 0 Å². The number of pyridine rings is 1. The highest BCUT2D eigenvalue weighted by atomic mass is 35.5. The molecule has 0 saturated carbocycles. The molecule has 16 heavy (non-hydrogen) atoms. The lowest BCUT2D eigenvalue weighted by Crippen LogP contribution is -2.07. The number of halogens is 1. The van der Waals surface area contributed by atoms with E-state index in [0.29, 0.717) is 5.15 Å².